The molecule has 1 fully saturated rings. The minimum Gasteiger partial charge on any atom is -0.419 e. The topological polar surface area (TPSA) is 51.8 Å². The van der Waals surface area contributed by atoms with Crippen molar-refractivity contribution >= 4 is 11.3 Å². The van der Waals surface area contributed by atoms with Crippen LogP contribution in [0.5, 0.6) is 0 Å². The lowest BCUT2D eigenvalue weighted by atomic mass is 9.86. The quantitative estimate of drug-likeness (QED) is 0.804. The normalized spacial score (nSPS) is 17.0. The van der Waals surface area contributed by atoms with Crippen LogP contribution < -0.4 is 0 Å². The highest BCUT2D eigenvalue weighted by molar-refractivity contribution is 7.13. The molecule has 120 valence electrons. The first-order valence-corrected chi connectivity index (χ1v) is 9.15. The third-order valence-electron chi connectivity index (χ3n) is 4.11. The Morgan fingerprint density at radius 2 is 1.95 bits per heavy atom. The fraction of sp³-hybridized carbons (Fsp3) is 0.706. The van der Waals surface area contributed by atoms with Crippen molar-refractivity contribution in [2.45, 2.75) is 65.7 Å². The summed E-state index contributed by atoms with van der Waals surface area (Å²) in [5, 5.41) is 11.3. The summed E-state index contributed by atoms with van der Waals surface area (Å²) in [4.78, 5) is 4.71. The standard InChI is InChI=1S/C17H25N3OS/c1-17(2,3)10-14-19-20-15(21-14)16-18-13(11-22-16)9-12-7-5-4-6-8-12/h11-12H,4-10H2,1-3H3. The smallest absolute Gasteiger partial charge is 0.276 e. The van der Waals surface area contributed by atoms with E-state index in [1.165, 1.54) is 37.8 Å². The summed E-state index contributed by atoms with van der Waals surface area (Å²) in [6.07, 6.45) is 8.74. The predicted molar refractivity (Wildman–Crippen MR) is 88.8 cm³/mol. The lowest BCUT2D eigenvalue weighted by Gasteiger charge is -2.20. The van der Waals surface area contributed by atoms with Crippen LogP contribution in [0.15, 0.2) is 9.80 Å². The fourth-order valence-corrected chi connectivity index (χ4v) is 3.80. The Balaban J connectivity index is 1.65. The molecule has 5 heteroatoms. The molecule has 0 atom stereocenters. The van der Waals surface area contributed by atoms with Crippen LogP contribution in [-0.4, -0.2) is 15.2 Å². The SMILES string of the molecule is CC(C)(C)Cc1nnc(-c2nc(CC3CCCCC3)cs2)o1. The predicted octanol–water partition coefficient (Wildman–Crippen LogP) is 4.90. The van der Waals surface area contributed by atoms with Gasteiger partial charge in [0.1, 0.15) is 0 Å². The van der Waals surface area contributed by atoms with Crippen molar-refractivity contribution in [3.05, 3.63) is 17.0 Å². The van der Waals surface area contributed by atoms with Gasteiger partial charge in [0.25, 0.3) is 5.89 Å². The first-order valence-electron chi connectivity index (χ1n) is 8.27. The van der Waals surface area contributed by atoms with Gasteiger partial charge in [-0.3, -0.25) is 0 Å². The summed E-state index contributed by atoms with van der Waals surface area (Å²) in [5.41, 5.74) is 1.33. The molecule has 0 unspecified atom stereocenters. The molecule has 22 heavy (non-hydrogen) atoms. The molecule has 0 aromatic carbocycles. The van der Waals surface area contributed by atoms with Crippen molar-refractivity contribution in [3.63, 3.8) is 0 Å². The van der Waals surface area contributed by atoms with Crippen molar-refractivity contribution in [1.29, 1.82) is 0 Å². The van der Waals surface area contributed by atoms with Crippen LogP contribution >= 0.6 is 11.3 Å². The number of hydrogen-bond acceptors (Lipinski definition) is 5. The zero-order valence-corrected chi connectivity index (χ0v) is 14.6. The fourth-order valence-electron chi connectivity index (χ4n) is 3.05. The lowest BCUT2D eigenvalue weighted by Crippen LogP contribution is -2.09. The molecule has 2 aromatic rings. The summed E-state index contributed by atoms with van der Waals surface area (Å²) in [6, 6.07) is 0. The first-order chi connectivity index (χ1) is 10.5. The van der Waals surface area contributed by atoms with Crippen LogP contribution in [-0.2, 0) is 12.8 Å². The summed E-state index contributed by atoms with van der Waals surface area (Å²) in [7, 11) is 0. The van der Waals surface area contributed by atoms with Gasteiger partial charge >= 0.3 is 0 Å². The summed E-state index contributed by atoms with van der Waals surface area (Å²) >= 11 is 1.62. The van der Waals surface area contributed by atoms with Gasteiger partial charge in [0.15, 0.2) is 5.01 Å². The van der Waals surface area contributed by atoms with Gasteiger partial charge in [-0.15, -0.1) is 21.5 Å². The second-order valence-corrected chi connectivity index (χ2v) is 8.45. The summed E-state index contributed by atoms with van der Waals surface area (Å²) < 4.78 is 5.77. The summed E-state index contributed by atoms with van der Waals surface area (Å²) in [5.74, 6) is 2.08. The number of rotatable bonds is 4. The second kappa shape index (κ2) is 6.49. The highest BCUT2D eigenvalue weighted by Gasteiger charge is 2.20. The van der Waals surface area contributed by atoms with Gasteiger partial charge in [-0.25, -0.2) is 4.98 Å². The van der Waals surface area contributed by atoms with E-state index in [0.29, 0.717) is 11.8 Å². The molecule has 2 aromatic heterocycles. The highest BCUT2D eigenvalue weighted by atomic mass is 32.1. The van der Waals surface area contributed by atoms with E-state index in [2.05, 4.69) is 36.3 Å². The molecule has 4 nitrogen and oxygen atoms in total. The molecular weight excluding hydrogens is 294 g/mol. The van der Waals surface area contributed by atoms with E-state index >= 15 is 0 Å². The van der Waals surface area contributed by atoms with Gasteiger partial charge in [0, 0.05) is 11.8 Å². The van der Waals surface area contributed by atoms with Gasteiger partial charge < -0.3 is 4.42 Å². The Morgan fingerprint density at radius 3 is 2.68 bits per heavy atom. The number of aromatic nitrogens is 3. The molecule has 1 saturated carbocycles. The van der Waals surface area contributed by atoms with Crippen molar-refractivity contribution in [1.82, 2.24) is 15.2 Å². The maximum atomic E-state index is 5.77. The zero-order valence-electron chi connectivity index (χ0n) is 13.8. The Morgan fingerprint density at radius 1 is 1.18 bits per heavy atom. The van der Waals surface area contributed by atoms with Crippen molar-refractivity contribution in [3.8, 4) is 10.9 Å². The first kappa shape index (κ1) is 15.7. The van der Waals surface area contributed by atoms with Gasteiger partial charge in [-0.2, -0.15) is 0 Å². The minimum atomic E-state index is 0.152. The van der Waals surface area contributed by atoms with Gasteiger partial charge in [0.05, 0.1) is 5.69 Å². The average Bonchev–Trinajstić information content (AvgIpc) is 3.07. The molecule has 0 aliphatic heterocycles. The lowest BCUT2D eigenvalue weighted by molar-refractivity contribution is 0.354. The molecule has 0 radical (unpaired) electrons. The van der Waals surface area contributed by atoms with E-state index in [1.807, 2.05) is 0 Å². The van der Waals surface area contributed by atoms with Crippen LogP contribution in [0, 0.1) is 11.3 Å². The van der Waals surface area contributed by atoms with Crippen molar-refractivity contribution in [2.24, 2.45) is 11.3 Å². The third-order valence-corrected chi connectivity index (χ3v) is 4.98. The van der Waals surface area contributed by atoms with E-state index in [9.17, 15) is 0 Å². The van der Waals surface area contributed by atoms with Crippen molar-refractivity contribution < 1.29 is 4.42 Å². The average molecular weight is 319 g/mol. The Hall–Kier alpha value is -1.23. The molecule has 1 aliphatic carbocycles. The van der Waals surface area contributed by atoms with Crippen LogP contribution in [0.2, 0.25) is 0 Å². The molecule has 0 saturated heterocycles. The largest absolute Gasteiger partial charge is 0.419 e. The molecule has 0 N–H and O–H groups in total. The van der Waals surface area contributed by atoms with E-state index in [4.69, 9.17) is 9.40 Å². The van der Waals surface area contributed by atoms with Crippen molar-refractivity contribution in [2.75, 3.05) is 0 Å². The Kier molecular flexibility index (Phi) is 4.62. The third kappa shape index (κ3) is 4.15. The van der Waals surface area contributed by atoms with E-state index in [0.717, 1.165) is 23.8 Å². The monoisotopic (exact) mass is 319 g/mol. The van der Waals surface area contributed by atoms with Gasteiger partial charge in [-0.1, -0.05) is 52.9 Å². The van der Waals surface area contributed by atoms with Crippen LogP contribution in [0.3, 0.4) is 0 Å². The second-order valence-electron chi connectivity index (χ2n) is 7.59. The highest BCUT2D eigenvalue weighted by Crippen LogP contribution is 2.30. The molecule has 0 amide bonds. The van der Waals surface area contributed by atoms with E-state index < -0.39 is 0 Å². The van der Waals surface area contributed by atoms with Crippen LogP contribution in [0.25, 0.3) is 10.9 Å². The molecule has 3 rings (SSSR count). The molecule has 0 spiro atoms. The summed E-state index contributed by atoms with van der Waals surface area (Å²) in [6.45, 7) is 6.51. The molecule has 1 aliphatic rings. The van der Waals surface area contributed by atoms with Gasteiger partial charge in [0.2, 0.25) is 5.89 Å². The zero-order chi connectivity index (χ0) is 15.6. The number of thiazole rings is 1. The Bertz CT molecular complexity index is 605. The number of hydrogen-bond donors (Lipinski definition) is 0. The molecule has 2 heterocycles. The van der Waals surface area contributed by atoms with Crippen LogP contribution in [0.4, 0.5) is 0 Å². The van der Waals surface area contributed by atoms with Gasteiger partial charge in [-0.05, 0) is 17.8 Å². The maximum Gasteiger partial charge on any atom is 0.276 e. The number of nitrogens with zero attached hydrogens (tertiary/aromatic N) is 3. The van der Waals surface area contributed by atoms with Crippen LogP contribution in [0.1, 0.15) is 64.5 Å². The van der Waals surface area contributed by atoms with E-state index in [-0.39, 0.29) is 5.41 Å². The molecular formula is C17H25N3OS. The van der Waals surface area contributed by atoms with E-state index in [1.54, 1.807) is 11.3 Å². The Labute approximate surface area is 136 Å². The maximum absolute atomic E-state index is 5.77. The molecule has 0 bridgehead atoms. The minimum absolute atomic E-state index is 0.152.